The summed E-state index contributed by atoms with van der Waals surface area (Å²) in [5.41, 5.74) is 2.13. The van der Waals surface area contributed by atoms with Crippen LogP contribution >= 0.6 is 23.2 Å². The summed E-state index contributed by atoms with van der Waals surface area (Å²) in [6.07, 6.45) is 4.51. The first-order valence-electron chi connectivity index (χ1n) is 11.9. The highest BCUT2D eigenvalue weighted by atomic mass is 35.5. The smallest absolute Gasteiger partial charge is 0.315 e. The first-order chi connectivity index (χ1) is 15.3. The van der Waals surface area contributed by atoms with E-state index in [0.717, 1.165) is 57.7 Å². The number of aliphatic hydroxyl groups is 1. The van der Waals surface area contributed by atoms with Crippen molar-refractivity contribution in [3.63, 3.8) is 0 Å². The fourth-order valence-corrected chi connectivity index (χ4v) is 6.87. The summed E-state index contributed by atoms with van der Waals surface area (Å²) in [6.45, 7) is 8.85. The number of rotatable bonds is 3. The molecule has 0 amide bonds. The zero-order valence-corrected chi connectivity index (χ0v) is 20.3. The molecule has 2 aliphatic carbocycles. The van der Waals surface area contributed by atoms with Gasteiger partial charge in [-0.25, -0.2) is 0 Å². The van der Waals surface area contributed by atoms with E-state index in [-0.39, 0.29) is 29.3 Å². The summed E-state index contributed by atoms with van der Waals surface area (Å²) in [7, 11) is 0. The number of ether oxygens (including phenoxy) is 1. The van der Waals surface area contributed by atoms with Crippen molar-refractivity contribution < 1.29 is 19.5 Å². The molecule has 2 saturated heterocycles. The third-order valence-electron chi connectivity index (χ3n) is 8.82. The molecule has 1 aromatic carbocycles. The van der Waals surface area contributed by atoms with Crippen molar-refractivity contribution in [2.24, 2.45) is 23.2 Å². The maximum absolute atomic E-state index is 12.9. The molecular weight excluding hydrogens is 447 g/mol. The highest BCUT2D eigenvalue weighted by molar-refractivity contribution is 6.42. The van der Waals surface area contributed by atoms with Crippen LogP contribution in [0.2, 0.25) is 10.0 Å². The highest BCUT2D eigenvalue weighted by Crippen LogP contribution is 2.55. The van der Waals surface area contributed by atoms with Crippen molar-refractivity contribution in [2.45, 2.75) is 45.3 Å². The van der Waals surface area contributed by atoms with Gasteiger partial charge in [0, 0.05) is 23.4 Å². The van der Waals surface area contributed by atoms with Crippen molar-refractivity contribution in [1.29, 1.82) is 0 Å². The normalized spacial score (nSPS) is 37.5. The summed E-state index contributed by atoms with van der Waals surface area (Å²) < 4.78 is 5.84. The van der Waals surface area contributed by atoms with Crippen molar-refractivity contribution in [2.75, 3.05) is 37.6 Å². The maximum Gasteiger partial charge on any atom is 0.315 e. The van der Waals surface area contributed by atoms with Crippen LogP contribution in [0, 0.1) is 23.2 Å². The third-order valence-corrected chi connectivity index (χ3v) is 9.56. The number of piperazine rings is 1. The largest absolute Gasteiger partial charge is 0.461 e. The zero-order valence-electron chi connectivity index (χ0n) is 18.8. The van der Waals surface area contributed by atoms with Crippen molar-refractivity contribution in [3.05, 3.63) is 39.9 Å². The standard InChI is InChI=1S/C25H32Cl2N2O3/c1-15-4-3-5-16-12-21-22(23(30)25(15,16)2)18(24(31)32-21)14-28-8-10-29(11-9-28)17-6-7-19(26)20(27)13-17/h5-7,13,15,18,21-23,30H,3-4,8-12,14H2,1-2H3/p+1/t15-,18+,21-,22-,23-,25-/m1/s1. The summed E-state index contributed by atoms with van der Waals surface area (Å²) in [6, 6.07) is 5.77. The third kappa shape index (κ3) is 3.66. The van der Waals surface area contributed by atoms with Gasteiger partial charge in [-0.05, 0) is 37.0 Å². The van der Waals surface area contributed by atoms with Gasteiger partial charge in [0.15, 0.2) is 0 Å². The number of hydrogen-bond acceptors (Lipinski definition) is 4. The predicted octanol–water partition coefficient (Wildman–Crippen LogP) is 2.98. The molecule has 5 nitrogen and oxygen atoms in total. The Morgan fingerprint density at radius 2 is 2.00 bits per heavy atom. The molecule has 0 bridgehead atoms. The van der Waals surface area contributed by atoms with E-state index in [1.807, 2.05) is 18.2 Å². The topological polar surface area (TPSA) is 54.2 Å². The fraction of sp³-hybridized carbons (Fsp3) is 0.640. The molecule has 5 rings (SSSR count). The van der Waals surface area contributed by atoms with Gasteiger partial charge < -0.3 is 19.6 Å². The summed E-state index contributed by atoms with van der Waals surface area (Å²) in [4.78, 5) is 16.6. The molecule has 2 aliphatic heterocycles. The van der Waals surface area contributed by atoms with Gasteiger partial charge in [-0.1, -0.05) is 48.7 Å². The summed E-state index contributed by atoms with van der Waals surface area (Å²) in [5.74, 6) is -0.0364. The Hall–Kier alpha value is -1.27. The monoisotopic (exact) mass is 479 g/mol. The van der Waals surface area contributed by atoms with E-state index < -0.39 is 6.10 Å². The lowest BCUT2D eigenvalue weighted by Gasteiger charge is -2.51. The highest BCUT2D eigenvalue weighted by Gasteiger charge is 2.60. The Kier molecular flexibility index (Phi) is 5.98. The molecule has 0 spiro atoms. The number of hydrogen-bond donors (Lipinski definition) is 2. The molecular formula is C25H33Cl2N2O3+. The van der Waals surface area contributed by atoms with Gasteiger partial charge in [0.25, 0.3) is 0 Å². The van der Waals surface area contributed by atoms with E-state index in [9.17, 15) is 9.90 Å². The van der Waals surface area contributed by atoms with E-state index >= 15 is 0 Å². The Balaban J connectivity index is 1.27. The average Bonchev–Trinajstić information content (AvgIpc) is 3.08. The van der Waals surface area contributed by atoms with Crippen molar-refractivity contribution in [3.8, 4) is 0 Å². The number of allylic oxidation sites excluding steroid dienone is 1. The predicted molar refractivity (Wildman–Crippen MR) is 126 cm³/mol. The maximum atomic E-state index is 12.9. The zero-order chi connectivity index (χ0) is 22.6. The number of esters is 1. The lowest BCUT2D eigenvalue weighted by atomic mass is 9.55. The Bertz CT molecular complexity index is 930. The second-order valence-corrected chi connectivity index (χ2v) is 11.2. The Morgan fingerprint density at radius 3 is 2.72 bits per heavy atom. The van der Waals surface area contributed by atoms with E-state index in [4.69, 9.17) is 27.9 Å². The lowest BCUT2D eigenvalue weighted by Crippen LogP contribution is -3.15. The molecule has 6 atom stereocenters. The van der Waals surface area contributed by atoms with Gasteiger partial charge in [-0.15, -0.1) is 0 Å². The molecule has 174 valence electrons. The minimum atomic E-state index is -0.531. The quantitative estimate of drug-likeness (QED) is 0.516. The molecule has 4 aliphatic rings. The number of fused-ring (bicyclic) bond motifs is 2. The molecule has 3 fully saturated rings. The van der Waals surface area contributed by atoms with Crippen LogP contribution in [0.3, 0.4) is 0 Å². The van der Waals surface area contributed by atoms with Gasteiger partial charge >= 0.3 is 5.97 Å². The summed E-state index contributed by atoms with van der Waals surface area (Å²) >= 11 is 12.3. The van der Waals surface area contributed by atoms with Gasteiger partial charge in [0.1, 0.15) is 12.0 Å². The van der Waals surface area contributed by atoms with Crippen molar-refractivity contribution >= 4 is 34.9 Å². The number of anilines is 1. The number of carbonyl (C=O) groups excluding carboxylic acids is 1. The number of carbonyl (C=O) groups is 1. The van der Waals surface area contributed by atoms with Gasteiger partial charge in [0.05, 0.1) is 48.9 Å². The minimum Gasteiger partial charge on any atom is -0.461 e. The van der Waals surface area contributed by atoms with Crippen LogP contribution in [-0.2, 0) is 9.53 Å². The van der Waals surface area contributed by atoms with Gasteiger partial charge in [-0.3, -0.25) is 4.79 Å². The van der Waals surface area contributed by atoms with Crippen LogP contribution < -0.4 is 9.80 Å². The van der Waals surface area contributed by atoms with E-state index in [0.29, 0.717) is 16.0 Å². The molecule has 1 aromatic rings. The number of aliphatic hydroxyl groups excluding tert-OH is 1. The van der Waals surface area contributed by atoms with Gasteiger partial charge in [0.2, 0.25) is 0 Å². The Labute approximate surface area is 200 Å². The number of quaternary nitrogens is 1. The van der Waals surface area contributed by atoms with Crippen LogP contribution in [0.4, 0.5) is 5.69 Å². The second-order valence-electron chi connectivity index (χ2n) is 10.3. The molecule has 0 unspecified atom stereocenters. The lowest BCUT2D eigenvalue weighted by molar-refractivity contribution is -0.903. The molecule has 32 heavy (non-hydrogen) atoms. The first kappa shape index (κ1) is 22.5. The fourth-order valence-electron chi connectivity index (χ4n) is 6.57. The molecule has 2 heterocycles. The van der Waals surface area contributed by atoms with Crippen LogP contribution in [0.1, 0.15) is 33.1 Å². The molecule has 0 aromatic heterocycles. The Morgan fingerprint density at radius 1 is 1.25 bits per heavy atom. The molecule has 0 radical (unpaired) electrons. The van der Waals surface area contributed by atoms with Crippen LogP contribution in [0.5, 0.6) is 0 Å². The van der Waals surface area contributed by atoms with Crippen LogP contribution in [0.15, 0.2) is 29.8 Å². The van der Waals surface area contributed by atoms with Gasteiger partial charge in [-0.2, -0.15) is 0 Å². The second kappa shape index (κ2) is 8.50. The van der Waals surface area contributed by atoms with Crippen molar-refractivity contribution in [1.82, 2.24) is 0 Å². The summed E-state index contributed by atoms with van der Waals surface area (Å²) in [5, 5.41) is 12.7. The number of nitrogens with zero attached hydrogens (tertiary/aromatic N) is 1. The number of halogens is 2. The SMILES string of the molecule is C[C@@H]1CCC=C2C[C@H]3OC(=O)[C@@H](C[NH+]4CCN(c5ccc(Cl)c(Cl)c5)CC4)[C@H]3[C@@H](O)[C@@]21C. The van der Waals surface area contributed by atoms with E-state index in [2.05, 4.69) is 24.8 Å². The number of nitrogens with one attached hydrogen (secondary N) is 1. The molecule has 1 saturated carbocycles. The van der Waals surface area contributed by atoms with Crippen LogP contribution in [0.25, 0.3) is 0 Å². The first-order valence-corrected chi connectivity index (χ1v) is 12.7. The van der Waals surface area contributed by atoms with E-state index in [1.54, 1.807) is 0 Å². The van der Waals surface area contributed by atoms with Crippen LogP contribution in [-0.4, -0.2) is 56.0 Å². The molecule has 2 N–H and O–H groups in total. The minimum absolute atomic E-state index is 0.106. The molecule has 7 heteroatoms. The number of benzene rings is 1. The average molecular weight is 480 g/mol. The van der Waals surface area contributed by atoms with E-state index in [1.165, 1.54) is 10.5 Å².